The molecule has 0 atom stereocenters. The SMILES string of the molecule is CC1(C)c2cc(B3OC(C)(C)C(C)(C)O3)ccc2-c2c(-c3ccccc3)c(-c3ccccc3)c(-c3ccccc3)c(-c3ccccc3)c21. The van der Waals surface area contributed by atoms with Gasteiger partial charge in [-0.15, -0.1) is 0 Å². The summed E-state index contributed by atoms with van der Waals surface area (Å²) in [6.45, 7) is 13.3. The van der Waals surface area contributed by atoms with E-state index in [9.17, 15) is 0 Å². The van der Waals surface area contributed by atoms with E-state index >= 15 is 0 Å². The van der Waals surface area contributed by atoms with Crippen molar-refractivity contribution in [2.75, 3.05) is 0 Å². The van der Waals surface area contributed by atoms with Gasteiger partial charge in [0.1, 0.15) is 0 Å². The van der Waals surface area contributed by atoms with Gasteiger partial charge in [0.05, 0.1) is 11.2 Å². The van der Waals surface area contributed by atoms with E-state index in [0.717, 1.165) is 5.46 Å². The Bertz CT molecular complexity index is 2120. The van der Waals surface area contributed by atoms with Crippen LogP contribution in [0.2, 0.25) is 0 Å². The van der Waals surface area contributed by atoms with Crippen molar-refractivity contribution in [3.8, 4) is 55.6 Å². The van der Waals surface area contributed by atoms with Gasteiger partial charge in [-0.1, -0.05) is 153 Å². The Labute approximate surface area is 285 Å². The van der Waals surface area contributed by atoms with Crippen LogP contribution in [-0.2, 0) is 14.7 Å². The molecule has 0 bridgehead atoms. The predicted molar refractivity (Wildman–Crippen MR) is 201 cm³/mol. The van der Waals surface area contributed by atoms with Crippen LogP contribution in [0.5, 0.6) is 0 Å². The van der Waals surface area contributed by atoms with Gasteiger partial charge in [0.15, 0.2) is 0 Å². The quantitative estimate of drug-likeness (QED) is 0.178. The fraction of sp³-hybridized carbons (Fsp3) is 0.200. The van der Waals surface area contributed by atoms with Gasteiger partial charge >= 0.3 is 7.12 Å². The van der Waals surface area contributed by atoms with Gasteiger partial charge in [0.2, 0.25) is 0 Å². The Hall–Kier alpha value is -4.70. The van der Waals surface area contributed by atoms with Crippen LogP contribution < -0.4 is 5.46 Å². The first-order valence-corrected chi connectivity index (χ1v) is 17.0. The molecular formula is C45H41BO2. The third kappa shape index (κ3) is 4.71. The largest absolute Gasteiger partial charge is 0.494 e. The maximum Gasteiger partial charge on any atom is 0.494 e. The Kier molecular flexibility index (Phi) is 7.14. The lowest BCUT2D eigenvalue weighted by Gasteiger charge is -2.32. The van der Waals surface area contributed by atoms with E-state index < -0.39 is 18.3 Å². The molecular weight excluding hydrogens is 583 g/mol. The van der Waals surface area contributed by atoms with Crippen LogP contribution in [0.15, 0.2) is 140 Å². The van der Waals surface area contributed by atoms with E-state index in [1.54, 1.807) is 0 Å². The van der Waals surface area contributed by atoms with E-state index in [1.807, 2.05) is 0 Å². The number of rotatable bonds is 5. The summed E-state index contributed by atoms with van der Waals surface area (Å²) in [6.07, 6.45) is 0. The smallest absolute Gasteiger partial charge is 0.399 e. The molecule has 0 spiro atoms. The molecule has 0 unspecified atom stereocenters. The lowest BCUT2D eigenvalue weighted by Crippen LogP contribution is -2.41. The van der Waals surface area contributed by atoms with Crippen molar-refractivity contribution in [1.29, 1.82) is 0 Å². The van der Waals surface area contributed by atoms with Crippen molar-refractivity contribution >= 4 is 12.6 Å². The third-order valence-electron chi connectivity index (χ3n) is 10.9. The topological polar surface area (TPSA) is 18.5 Å². The molecule has 1 heterocycles. The Morgan fingerprint density at radius 1 is 0.417 bits per heavy atom. The van der Waals surface area contributed by atoms with Crippen LogP contribution in [-0.4, -0.2) is 18.3 Å². The van der Waals surface area contributed by atoms with Crippen molar-refractivity contribution in [3.63, 3.8) is 0 Å². The lowest BCUT2D eigenvalue weighted by atomic mass is 9.71. The Morgan fingerprint density at radius 2 is 0.792 bits per heavy atom. The average Bonchev–Trinajstić information content (AvgIpc) is 3.48. The molecule has 48 heavy (non-hydrogen) atoms. The van der Waals surface area contributed by atoms with E-state index in [4.69, 9.17) is 9.31 Å². The molecule has 2 aliphatic rings. The molecule has 6 aromatic rings. The molecule has 3 heteroatoms. The number of benzene rings is 6. The van der Waals surface area contributed by atoms with Gasteiger partial charge < -0.3 is 9.31 Å². The number of hydrogen-bond acceptors (Lipinski definition) is 2. The van der Waals surface area contributed by atoms with E-state index in [2.05, 4.69) is 181 Å². The van der Waals surface area contributed by atoms with Crippen LogP contribution in [0.1, 0.15) is 52.7 Å². The monoisotopic (exact) mass is 624 g/mol. The molecule has 1 aliphatic carbocycles. The molecule has 1 saturated heterocycles. The van der Waals surface area contributed by atoms with Crippen molar-refractivity contribution < 1.29 is 9.31 Å². The first-order valence-electron chi connectivity index (χ1n) is 17.0. The lowest BCUT2D eigenvalue weighted by molar-refractivity contribution is 0.00578. The van der Waals surface area contributed by atoms with Crippen molar-refractivity contribution in [1.82, 2.24) is 0 Å². The summed E-state index contributed by atoms with van der Waals surface area (Å²) in [5, 5.41) is 0. The minimum Gasteiger partial charge on any atom is -0.399 e. The standard InChI is InChI=1S/C45H41BO2/c1-43(2)36-29-34(46-47-44(3,4)45(5,6)48-46)27-28-35(36)41-39(32-23-15-9-16-24-32)37(30-19-11-7-12-20-30)38(31-21-13-8-14-22-31)40(42(41)43)33-25-17-10-18-26-33/h7-29H,1-6H3. The number of fused-ring (bicyclic) bond motifs is 3. The predicted octanol–water partition coefficient (Wildman–Crippen LogP) is 11.0. The zero-order valence-corrected chi connectivity index (χ0v) is 28.7. The first-order chi connectivity index (χ1) is 23.1. The number of hydrogen-bond donors (Lipinski definition) is 0. The van der Waals surface area contributed by atoms with Crippen LogP contribution in [0.25, 0.3) is 55.6 Å². The van der Waals surface area contributed by atoms with Crippen molar-refractivity contribution in [3.05, 3.63) is 151 Å². The normalized spacial score (nSPS) is 16.8. The minimum absolute atomic E-state index is 0.322. The van der Waals surface area contributed by atoms with Crippen molar-refractivity contribution in [2.45, 2.75) is 58.2 Å². The first kappa shape index (κ1) is 30.6. The summed E-state index contributed by atoms with van der Waals surface area (Å²) in [5.41, 5.74) is 15.0. The van der Waals surface area contributed by atoms with Gasteiger partial charge in [0.25, 0.3) is 0 Å². The highest BCUT2D eigenvalue weighted by molar-refractivity contribution is 6.62. The summed E-state index contributed by atoms with van der Waals surface area (Å²) in [4.78, 5) is 0. The molecule has 2 nitrogen and oxygen atoms in total. The van der Waals surface area contributed by atoms with Gasteiger partial charge in [-0.2, -0.15) is 0 Å². The van der Waals surface area contributed by atoms with Crippen LogP contribution in [0, 0.1) is 0 Å². The average molecular weight is 625 g/mol. The highest BCUT2D eigenvalue weighted by atomic mass is 16.7. The zero-order chi connectivity index (χ0) is 33.3. The minimum atomic E-state index is -0.429. The second-order valence-electron chi connectivity index (χ2n) is 14.7. The second kappa shape index (κ2) is 11.2. The van der Waals surface area contributed by atoms with Gasteiger partial charge in [-0.3, -0.25) is 0 Å². The summed E-state index contributed by atoms with van der Waals surface area (Å²) in [6, 6.07) is 50.7. The highest BCUT2D eigenvalue weighted by Gasteiger charge is 2.52. The van der Waals surface area contributed by atoms with Gasteiger partial charge in [-0.25, -0.2) is 0 Å². The molecule has 6 aromatic carbocycles. The summed E-state index contributed by atoms with van der Waals surface area (Å²) in [5.74, 6) is 0. The molecule has 236 valence electrons. The van der Waals surface area contributed by atoms with E-state index in [1.165, 1.54) is 66.8 Å². The van der Waals surface area contributed by atoms with Crippen LogP contribution in [0.3, 0.4) is 0 Å². The maximum atomic E-state index is 6.57. The molecule has 1 fully saturated rings. The molecule has 0 saturated carbocycles. The van der Waals surface area contributed by atoms with Crippen LogP contribution in [0.4, 0.5) is 0 Å². The second-order valence-corrected chi connectivity index (χ2v) is 14.7. The van der Waals surface area contributed by atoms with E-state index in [-0.39, 0.29) is 5.41 Å². The molecule has 0 radical (unpaired) electrons. The van der Waals surface area contributed by atoms with Gasteiger partial charge in [0, 0.05) is 5.41 Å². The molecule has 8 rings (SSSR count). The summed E-state index contributed by atoms with van der Waals surface area (Å²) in [7, 11) is -0.429. The fourth-order valence-electron chi connectivity index (χ4n) is 7.78. The Morgan fingerprint density at radius 3 is 1.23 bits per heavy atom. The summed E-state index contributed by atoms with van der Waals surface area (Å²) >= 11 is 0. The fourth-order valence-corrected chi connectivity index (χ4v) is 7.78. The molecule has 0 aromatic heterocycles. The van der Waals surface area contributed by atoms with Gasteiger partial charge in [-0.05, 0) is 99.9 Å². The van der Waals surface area contributed by atoms with Crippen LogP contribution >= 0.6 is 0 Å². The molecule has 1 aliphatic heterocycles. The molecule has 0 amide bonds. The van der Waals surface area contributed by atoms with E-state index in [0.29, 0.717) is 0 Å². The van der Waals surface area contributed by atoms with Crippen molar-refractivity contribution in [2.24, 2.45) is 0 Å². The zero-order valence-electron chi connectivity index (χ0n) is 28.7. The molecule has 0 N–H and O–H groups in total. The summed E-state index contributed by atoms with van der Waals surface area (Å²) < 4.78 is 13.1. The third-order valence-corrected chi connectivity index (χ3v) is 10.9. The highest BCUT2D eigenvalue weighted by Crippen LogP contribution is 2.61. The maximum absolute atomic E-state index is 6.57. The Balaban J connectivity index is 1.53.